The fourth-order valence-electron chi connectivity index (χ4n) is 2.72. The molecule has 0 aliphatic carbocycles. The Hall–Kier alpha value is -2.43. The molecule has 0 saturated carbocycles. The van der Waals surface area contributed by atoms with Crippen molar-refractivity contribution < 1.29 is 24.2 Å². The van der Waals surface area contributed by atoms with E-state index in [9.17, 15) is 14.7 Å². The second kappa shape index (κ2) is 8.52. The van der Waals surface area contributed by atoms with Crippen LogP contribution in [-0.4, -0.2) is 36.3 Å². The number of benzene rings is 2. The van der Waals surface area contributed by atoms with E-state index in [0.29, 0.717) is 25.9 Å². The summed E-state index contributed by atoms with van der Waals surface area (Å²) in [7, 11) is 2.87. The molecule has 1 saturated heterocycles. The van der Waals surface area contributed by atoms with Crippen molar-refractivity contribution in [2.24, 2.45) is 0 Å². The van der Waals surface area contributed by atoms with Gasteiger partial charge < -0.3 is 14.6 Å². The highest BCUT2D eigenvalue weighted by Gasteiger charge is 2.36. The fourth-order valence-corrected chi connectivity index (χ4v) is 3.83. The summed E-state index contributed by atoms with van der Waals surface area (Å²) >= 11 is 11.8. The molecule has 0 atom stereocenters. The molecule has 1 heterocycles. The van der Waals surface area contributed by atoms with Crippen LogP contribution in [0, 0.1) is 0 Å². The van der Waals surface area contributed by atoms with Crippen molar-refractivity contribution in [2.75, 3.05) is 19.1 Å². The van der Waals surface area contributed by atoms with Gasteiger partial charge in [0.15, 0.2) is 16.6 Å². The van der Waals surface area contributed by atoms with Gasteiger partial charge in [-0.3, -0.25) is 14.9 Å². The topological polar surface area (TPSA) is 88.1 Å². The van der Waals surface area contributed by atoms with Crippen LogP contribution < -0.4 is 19.7 Å². The average molecular weight is 542 g/mol. The number of anilines is 1. The SMILES string of the molecule is COc1ccccc1N1C(=O)/C(=C/c2cc(OC)c(O)c(Br)c2Br)C(=O)NC1=S. The molecule has 2 N–H and O–H groups in total. The number of hydrogen-bond acceptors (Lipinski definition) is 6. The monoisotopic (exact) mass is 540 g/mol. The van der Waals surface area contributed by atoms with Crippen LogP contribution in [-0.2, 0) is 9.59 Å². The molecule has 2 aromatic carbocycles. The molecule has 0 bridgehead atoms. The van der Waals surface area contributed by atoms with Crippen molar-refractivity contribution in [1.29, 1.82) is 0 Å². The minimum Gasteiger partial charge on any atom is -0.503 e. The van der Waals surface area contributed by atoms with Crippen molar-refractivity contribution in [3.63, 3.8) is 0 Å². The lowest BCUT2D eigenvalue weighted by Gasteiger charge is -2.29. The number of aromatic hydroxyl groups is 1. The predicted molar refractivity (Wildman–Crippen MR) is 119 cm³/mol. The molecule has 10 heteroatoms. The average Bonchev–Trinajstić information content (AvgIpc) is 2.71. The molecule has 1 aliphatic heterocycles. The molecular weight excluding hydrogens is 528 g/mol. The lowest BCUT2D eigenvalue weighted by atomic mass is 10.1. The second-order valence-corrected chi connectivity index (χ2v) is 7.75. The molecule has 1 aliphatic rings. The van der Waals surface area contributed by atoms with Gasteiger partial charge in [-0.05, 0) is 73.9 Å². The summed E-state index contributed by atoms with van der Waals surface area (Å²) < 4.78 is 11.2. The molecule has 0 spiro atoms. The molecule has 150 valence electrons. The van der Waals surface area contributed by atoms with Gasteiger partial charge in [-0.1, -0.05) is 12.1 Å². The lowest BCUT2D eigenvalue weighted by Crippen LogP contribution is -2.54. The molecule has 2 amide bonds. The normalized spacial score (nSPS) is 15.5. The number of rotatable bonds is 4. The van der Waals surface area contributed by atoms with Gasteiger partial charge in [0, 0.05) is 4.47 Å². The number of nitrogens with one attached hydrogen (secondary N) is 1. The Kier molecular flexibility index (Phi) is 6.25. The van der Waals surface area contributed by atoms with Crippen LogP contribution in [0.3, 0.4) is 0 Å². The van der Waals surface area contributed by atoms with E-state index in [0.717, 1.165) is 0 Å². The number of phenolic OH excluding ortho intramolecular Hbond substituents is 1. The molecule has 0 aromatic heterocycles. The van der Waals surface area contributed by atoms with Gasteiger partial charge in [0.2, 0.25) is 0 Å². The molecule has 7 nitrogen and oxygen atoms in total. The number of carbonyl (C=O) groups excluding carboxylic acids is 2. The zero-order valence-electron chi connectivity index (χ0n) is 15.2. The molecule has 0 unspecified atom stereocenters. The zero-order chi connectivity index (χ0) is 21.3. The van der Waals surface area contributed by atoms with Gasteiger partial charge in [0.1, 0.15) is 11.3 Å². The number of thiocarbonyl (C=S) groups is 1. The first-order valence-corrected chi connectivity index (χ1v) is 10.1. The highest BCUT2D eigenvalue weighted by molar-refractivity contribution is 9.13. The smallest absolute Gasteiger partial charge is 0.270 e. The van der Waals surface area contributed by atoms with Crippen LogP contribution in [0.2, 0.25) is 0 Å². The Bertz CT molecular complexity index is 1070. The molecule has 1 fully saturated rings. The Morgan fingerprint density at radius 2 is 1.76 bits per heavy atom. The highest BCUT2D eigenvalue weighted by atomic mass is 79.9. The zero-order valence-corrected chi connectivity index (χ0v) is 19.1. The molecule has 29 heavy (non-hydrogen) atoms. The molecule has 3 rings (SSSR count). The number of carbonyl (C=O) groups is 2. The fraction of sp³-hybridized carbons (Fsp3) is 0.105. The predicted octanol–water partition coefficient (Wildman–Crippen LogP) is 3.77. The van der Waals surface area contributed by atoms with Gasteiger partial charge in [-0.15, -0.1) is 0 Å². The Morgan fingerprint density at radius 3 is 2.41 bits per heavy atom. The number of hydrogen-bond donors (Lipinski definition) is 2. The number of ether oxygens (including phenoxy) is 2. The van der Waals surface area contributed by atoms with Crippen molar-refractivity contribution in [1.82, 2.24) is 5.32 Å². The third-order valence-corrected chi connectivity index (χ3v) is 6.56. The summed E-state index contributed by atoms with van der Waals surface area (Å²) in [5, 5.41) is 12.6. The number of methoxy groups -OCH3 is 2. The summed E-state index contributed by atoms with van der Waals surface area (Å²) in [6.07, 6.45) is 1.39. The quantitative estimate of drug-likeness (QED) is 0.348. The summed E-state index contributed by atoms with van der Waals surface area (Å²) in [6.45, 7) is 0. The van der Waals surface area contributed by atoms with Crippen LogP contribution in [0.4, 0.5) is 5.69 Å². The van der Waals surface area contributed by atoms with Crippen molar-refractivity contribution in [2.45, 2.75) is 0 Å². The third kappa shape index (κ3) is 3.87. The first-order valence-electron chi connectivity index (χ1n) is 8.09. The van der Waals surface area contributed by atoms with E-state index in [1.54, 1.807) is 24.3 Å². The van der Waals surface area contributed by atoms with E-state index in [1.807, 2.05) is 0 Å². The van der Waals surface area contributed by atoms with E-state index < -0.39 is 11.8 Å². The molecule has 2 aromatic rings. The van der Waals surface area contributed by atoms with Crippen LogP contribution in [0.5, 0.6) is 17.2 Å². The Balaban J connectivity index is 2.13. The molecular formula is C19H14Br2N2O5S. The Labute approximate surface area is 188 Å². The summed E-state index contributed by atoms with van der Waals surface area (Å²) in [5.41, 5.74) is 0.696. The Morgan fingerprint density at radius 1 is 1.10 bits per heavy atom. The van der Waals surface area contributed by atoms with E-state index in [1.165, 1.54) is 31.3 Å². The molecule has 0 radical (unpaired) electrons. The maximum absolute atomic E-state index is 13.2. The first-order chi connectivity index (χ1) is 13.8. The summed E-state index contributed by atoms with van der Waals surface area (Å²) in [6, 6.07) is 8.33. The maximum Gasteiger partial charge on any atom is 0.270 e. The number of nitrogens with zero attached hydrogens (tertiary/aromatic N) is 1. The van der Waals surface area contributed by atoms with Crippen LogP contribution in [0.15, 0.2) is 44.9 Å². The number of para-hydroxylation sites is 2. The van der Waals surface area contributed by atoms with Gasteiger partial charge in [-0.25, -0.2) is 4.90 Å². The third-order valence-electron chi connectivity index (χ3n) is 4.12. The number of halogens is 2. The number of amides is 2. The van der Waals surface area contributed by atoms with Crippen LogP contribution in [0.25, 0.3) is 6.08 Å². The second-order valence-electron chi connectivity index (χ2n) is 5.77. The van der Waals surface area contributed by atoms with Crippen molar-refractivity contribution in [3.05, 3.63) is 50.4 Å². The van der Waals surface area contributed by atoms with E-state index >= 15 is 0 Å². The van der Waals surface area contributed by atoms with Gasteiger partial charge >= 0.3 is 0 Å². The van der Waals surface area contributed by atoms with Crippen molar-refractivity contribution >= 4 is 72.8 Å². The summed E-state index contributed by atoms with van der Waals surface area (Å²) in [5.74, 6) is -0.765. The number of phenols is 1. The van der Waals surface area contributed by atoms with E-state index in [4.69, 9.17) is 21.7 Å². The van der Waals surface area contributed by atoms with Gasteiger partial charge in [-0.2, -0.15) is 0 Å². The first kappa shape index (κ1) is 21.3. The van der Waals surface area contributed by atoms with Crippen LogP contribution >= 0.6 is 44.1 Å². The van der Waals surface area contributed by atoms with Gasteiger partial charge in [0.25, 0.3) is 11.8 Å². The van der Waals surface area contributed by atoms with Crippen LogP contribution in [0.1, 0.15) is 5.56 Å². The largest absolute Gasteiger partial charge is 0.503 e. The lowest BCUT2D eigenvalue weighted by molar-refractivity contribution is -0.122. The van der Waals surface area contributed by atoms with Crippen molar-refractivity contribution in [3.8, 4) is 17.2 Å². The minimum absolute atomic E-state index is 0.0508. The van der Waals surface area contributed by atoms with E-state index in [2.05, 4.69) is 37.2 Å². The highest BCUT2D eigenvalue weighted by Crippen LogP contribution is 2.42. The van der Waals surface area contributed by atoms with Gasteiger partial charge in [0.05, 0.1) is 24.4 Å². The van der Waals surface area contributed by atoms with E-state index in [-0.39, 0.29) is 22.2 Å². The maximum atomic E-state index is 13.2. The summed E-state index contributed by atoms with van der Waals surface area (Å²) in [4.78, 5) is 26.9. The standard InChI is InChI=1S/C19H14Br2N2O5S/c1-27-12-6-4-3-5-11(12)23-18(26)10(17(25)22-19(23)29)7-9-8-13(28-2)16(24)15(21)14(9)20/h3-8,24H,1-2H3,(H,22,25,29)/b10-7+. The minimum atomic E-state index is -0.638.